The molecule has 5 N–H and O–H groups in total. The van der Waals surface area contributed by atoms with Gasteiger partial charge in [0.15, 0.2) is 29.2 Å². The SMILES string of the molecule is NC(=O)c1cnc2c(c1)nc1n2CCOP(=O)(S)OC[C@H]2O[C@@H](n3cnc4c(=O)[nH]c(N)nc43)[C@H](OP(=O)(S)OC1)[C@H]2F. The zero-order valence-corrected chi connectivity index (χ0v) is 25.1. The number of rotatable bonds is 2. The first-order valence-electron chi connectivity index (χ1n) is 12.3. The number of aromatic nitrogens is 7. The quantitative estimate of drug-likeness (QED) is 0.149. The van der Waals surface area contributed by atoms with Gasteiger partial charge >= 0.3 is 13.6 Å². The molecule has 0 aromatic carbocycles. The molecule has 18 nitrogen and oxygen atoms in total. The molecule has 23 heteroatoms. The van der Waals surface area contributed by atoms with Crippen molar-refractivity contribution in [1.29, 1.82) is 0 Å². The van der Waals surface area contributed by atoms with Gasteiger partial charge in [-0.2, -0.15) is 4.98 Å². The molecule has 2 aliphatic rings. The molecule has 230 valence electrons. The van der Waals surface area contributed by atoms with Crippen LogP contribution in [0.1, 0.15) is 22.4 Å². The summed E-state index contributed by atoms with van der Waals surface area (Å²) in [6.45, 7) is -9.83. The van der Waals surface area contributed by atoms with E-state index in [4.69, 9.17) is 34.3 Å². The number of nitrogens with zero attached hydrogens (tertiary/aromatic N) is 6. The number of pyridine rings is 1. The lowest BCUT2D eigenvalue weighted by Gasteiger charge is -2.24. The third-order valence-electron chi connectivity index (χ3n) is 6.52. The minimum Gasteiger partial charge on any atom is -0.369 e. The van der Waals surface area contributed by atoms with E-state index in [2.05, 4.69) is 49.4 Å². The van der Waals surface area contributed by atoms with Crippen LogP contribution in [-0.2, 0) is 45.1 Å². The van der Waals surface area contributed by atoms with E-state index in [9.17, 15) is 18.7 Å². The normalized spacial score (nSPS) is 30.6. The van der Waals surface area contributed by atoms with Gasteiger partial charge in [-0.05, 0) is 6.07 Å². The molecule has 0 spiro atoms. The maximum atomic E-state index is 15.9. The molecule has 1 saturated heterocycles. The summed E-state index contributed by atoms with van der Waals surface area (Å²) in [5.74, 6) is -0.858. The summed E-state index contributed by atoms with van der Waals surface area (Å²) < 4.78 is 72.4. The predicted molar refractivity (Wildman–Crippen MR) is 152 cm³/mol. The van der Waals surface area contributed by atoms with Crippen LogP contribution in [0.25, 0.3) is 22.3 Å². The van der Waals surface area contributed by atoms with Crippen molar-refractivity contribution < 1.29 is 41.1 Å². The first-order valence-corrected chi connectivity index (χ1v) is 17.7. The maximum absolute atomic E-state index is 15.9. The molecule has 2 bridgehead atoms. The van der Waals surface area contributed by atoms with Crippen LogP contribution in [0.4, 0.5) is 10.3 Å². The Bertz CT molecular complexity index is 1900. The van der Waals surface area contributed by atoms with Gasteiger partial charge < -0.3 is 20.8 Å². The molecule has 6 rings (SSSR count). The number of carbonyl (C=O) groups is 1. The van der Waals surface area contributed by atoms with Gasteiger partial charge in [0.25, 0.3) is 5.56 Å². The Morgan fingerprint density at radius 3 is 2.70 bits per heavy atom. The van der Waals surface area contributed by atoms with Crippen molar-refractivity contribution in [2.24, 2.45) is 5.73 Å². The fraction of sp³-hybridized carbons (Fsp3) is 0.400. The molecule has 43 heavy (non-hydrogen) atoms. The second-order valence-electron chi connectivity index (χ2n) is 9.30. The van der Waals surface area contributed by atoms with Crippen LogP contribution in [0.2, 0.25) is 0 Å². The van der Waals surface area contributed by atoms with E-state index in [0.29, 0.717) is 0 Å². The number of alkyl halides is 1. The van der Waals surface area contributed by atoms with Gasteiger partial charge in [0, 0.05) is 12.7 Å². The number of halogens is 1. The summed E-state index contributed by atoms with van der Waals surface area (Å²) in [7, 11) is 0. The van der Waals surface area contributed by atoms with Crippen molar-refractivity contribution in [3.63, 3.8) is 0 Å². The average molecular weight is 678 g/mol. The number of H-pyrrole nitrogens is 1. The van der Waals surface area contributed by atoms with Crippen LogP contribution in [0, 0.1) is 0 Å². The third-order valence-corrected chi connectivity index (χ3v) is 9.79. The summed E-state index contributed by atoms with van der Waals surface area (Å²) in [5, 5.41) is 0. The summed E-state index contributed by atoms with van der Waals surface area (Å²) in [5.41, 5.74) is 10.7. The number of hydrogen-bond acceptors (Lipinski definition) is 14. The van der Waals surface area contributed by atoms with Crippen LogP contribution in [0.5, 0.6) is 0 Å². The second-order valence-corrected chi connectivity index (χ2v) is 15.1. The number of hydrogen-bond donors (Lipinski definition) is 5. The van der Waals surface area contributed by atoms with Crippen LogP contribution >= 0.6 is 38.1 Å². The Morgan fingerprint density at radius 1 is 1.14 bits per heavy atom. The molecular weight excluding hydrogens is 655 g/mol. The van der Waals surface area contributed by atoms with Crippen molar-refractivity contribution in [3.8, 4) is 0 Å². The van der Waals surface area contributed by atoms with Gasteiger partial charge in [-0.15, -0.1) is 0 Å². The number of nitrogens with two attached hydrogens (primary N) is 2. The monoisotopic (exact) mass is 677 g/mol. The number of nitrogens with one attached hydrogen (secondary N) is 1. The summed E-state index contributed by atoms with van der Waals surface area (Å²) in [6.07, 6.45) is -4.28. The molecule has 4 aromatic heterocycles. The number of imidazole rings is 2. The van der Waals surface area contributed by atoms with E-state index in [-0.39, 0.29) is 52.8 Å². The first kappa shape index (κ1) is 30.2. The molecular formula is C20H22FN9O9P2S2. The van der Waals surface area contributed by atoms with E-state index in [0.717, 1.165) is 10.9 Å². The molecule has 0 saturated carbocycles. The average Bonchev–Trinajstić information content (AvgIpc) is 3.59. The van der Waals surface area contributed by atoms with Gasteiger partial charge in [-0.1, -0.05) is 24.5 Å². The molecule has 6 heterocycles. The molecule has 1 fully saturated rings. The maximum Gasteiger partial charge on any atom is 0.387 e. The molecule has 6 atom stereocenters. The third kappa shape index (κ3) is 5.96. The lowest BCUT2D eigenvalue weighted by Crippen LogP contribution is -2.31. The number of ether oxygens (including phenoxy) is 1. The highest BCUT2D eigenvalue weighted by atomic mass is 32.7. The van der Waals surface area contributed by atoms with E-state index < -0.39 is 62.9 Å². The molecule has 2 unspecified atom stereocenters. The largest absolute Gasteiger partial charge is 0.387 e. The van der Waals surface area contributed by atoms with Crippen molar-refractivity contribution in [3.05, 3.63) is 40.3 Å². The molecule has 0 radical (unpaired) electrons. The highest BCUT2D eigenvalue weighted by molar-refractivity contribution is 8.44. The number of nitrogen functional groups attached to an aromatic ring is 1. The van der Waals surface area contributed by atoms with Gasteiger partial charge in [-0.3, -0.25) is 37.2 Å². The summed E-state index contributed by atoms with van der Waals surface area (Å²) in [4.78, 5) is 42.8. The molecule has 2 aliphatic heterocycles. The highest BCUT2D eigenvalue weighted by Crippen LogP contribution is 2.58. The van der Waals surface area contributed by atoms with Crippen molar-refractivity contribution >= 4 is 72.3 Å². The number of fused-ring (bicyclic) bond motifs is 6. The van der Waals surface area contributed by atoms with Gasteiger partial charge in [0.1, 0.15) is 30.2 Å². The predicted octanol–water partition coefficient (Wildman–Crippen LogP) is 1.51. The minimum absolute atomic E-state index is 0.0108. The van der Waals surface area contributed by atoms with Gasteiger partial charge in [-0.25, -0.2) is 28.5 Å². The Kier molecular flexibility index (Phi) is 7.89. The van der Waals surface area contributed by atoms with Crippen molar-refractivity contribution in [2.75, 3.05) is 18.9 Å². The Morgan fingerprint density at radius 2 is 1.93 bits per heavy atom. The number of primary amides is 1. The standard InChI is InChI=1S/C20H22FN9O9P2S2/c21-12-10-5-36-40(33,42)35-2-1-29-11(26-9-3-8(15(22)31)4-24-16(9)29)6-37-41(34,43)39-14(12)19(38-10)30-7-25-13-17(30)27-20(23)28-18(13)32/h3-4,7,10,12,14,19H,1-2,5-6H2,(H2,22,31)(H,33,42)(H,34,43)(H3,23,27,28,32)/t10-,12+,14-,19-,40?,41?/m1/s1. The lowest BCUT2D eigenvalue weighted by molar-refractivity contribution is -0.0444. The zero-order valence-electron chi connectivity index (χ0n) is 21.5. The lowest BCUT2D eigenvalue weighted by atomic mass is 10.1. The highest BCUT2D eigenvalue weighted by Gasteiger charge is 2.51. The van der Waals surface area contributed by atoms with Crippen LogP contribution < -0.4 is 17.0 Å². The Hall–Kier alpha value is -2.87. The fourth-order valence-corrected chi connectivity index (χ4v) is 7.14. The molecule has 0 aliphatic carbocycles. The molecule has 1 amide bonds. The van der Waals surface area contributed by atoms with E-state index in [1.165, 1.54) is 16.8 Å². The first-order chi connectivity index (χ1) is 20.3. The summed E-state index contributed by atoms with van der Waals surface area (Å²) >= 11 is 8.01. The fourth-order valence-electron chi connectivity index (χ4n) is 4.61. The number of amides is 1. The van der Waals surface area contributed by atoms with E-state index >= 15 is 4.39 Å². The number of carbonyl (C=O) groups excluding carboxylic acids is 1. The Labute approximate surface area is 250 Å². The van der Waals surface area contributed by atoms with Gasteiger partial charge in [0.05, 0.1) is 25.1 Å². The zero-order chi connectivity index (χ0) is 30.7. The number of anilines is 1. The van der Waals surface area contributed by atoms with Crippen LogP contribution in [0.3, 0.4) is 0 Å². The van der Waals surface area contributed by atoms with E-state index in [1.807, 2.05) is 0 Å². The minimum atomic E-state index is -4.39. The number of thiol groups is 2. The topological polar surface area (TPSA) is 244 Å². The van der Waals surface area contributed by atoms with E-state index in [1.54, 1.807) is 0 Å². The second kappa shape index (κ2) is 11.2. The Balaban J connectivity index is 1.38. The van der Waals surface area contributed by atoms with Crippen molar-refractivity contribution in [2.45, 2.75) is 37.8 Å². The van der Waals surface area contributed by atoms with Gasteiger partial charge in [0.2, 0.25) is 11.9 Å². The van der Waals surface area contributed by atoms with Crippen LogP contribution in [-0.4, -0.2) is 71.6 Å². The van der Waals surface area contributed by atoms with Crippen LogP contribution in [0.15, 0.2) is 23.4 Å². The summed E-state index contributed by atoms with van der Waals surface area (Å²) in [6, 6.07) is 1.39. The molecule has 4 aromatic rings. The van der Waals surface area contributed by atoms with Crippen molar-refractivity contribution in [1.82, 2.24) is 34.1 Å². The smallest absolute Gasteiger partial charge is 0.369 e. The number of aromatic amines is 1.